The zero-order valence-corrected chi connectivity index (χ0v) is 13.6. The number of imide groups is 1. The normalized spacial score (nSPS) is 36.4. The van der Waals surface area contributed by atoms with E-state index in [-0.39, 0.29) is 11.8 Å². The van der Waals surface area contributed by atoms with Crippen LogP contribution in [0, 0.1) is 11.8 Å². The first-order valence-electron chi connectivity index (χ1n) is 7.82. The molecule has 6 nitrogen and oxygen atoms in total. The third-order valence-electron chi connectivity index (χ3n) is 5.06. The molecule has 3 aliphatic rings. The first-order valence-corrected chi connectivity index (χ1v) is 7.82. The molecule has 2 saturated heterocycles. The molecular weight excluding hydrogens is 310 g/mol. The highest BCUT2D eigenvalue weighted by Gasteiger charge is 2.70. The van der Waals surface area contributed by atoms with E-state index in [0.29, 0.717) is 11.4 Å². The molecule has 3 aliphatic heterocycles. The Morgan fingerprint density at radius 3 is 2.25 bits per heavy atom. The van der Waals surface area contributed by atoms with E-state index in [1.54, 1.807) is 18.2 Å². The van der Waals surface area contributed by atoms with Crippen molar-refractivity contribution in [2.24, 2.45) is 11.8 Å². The molecule has 2 bridgehead atoms. The number of ether oxygens (including phenoxy) is 2. The molecule has 1 aromatic carbocycles. The molecule has 0 saturated carbocycles. The standard InChI is InChI=1S/C18H17NO5/c1-10(20)23-12-6-4-5-11(9-12)19-15(21)13-14(16(19)22)18(3)8-7-17(13,2)24-18/h4-9,13-14H,1-3H3/t13-,14-,17+,18+/m0/s1. The van der Waals surface area contributed by atoms with Crippen molar-refractivity contribution in [2.75, 3.05) is 4.90 Å². The molecule has 0 unspecified atom stereocenters. The van der Waals surface area contributed by atoms with Gasteiger partial charge in [0.2, 0.25) is 11.8 Å². The van der Waals surface area contributed by atoms with Crippen molar-refractivity contribution in [1.29, 1.82) is 0 Å². The summed E-state index contributed by atoms with van der Waals surface area (Å²) >= 11 is 0. The Morgan fingerprint density at radius 1 is 1.12 bits per heavy atom. The molecule has 4 atom stereocenters. The number of nitrogens with zero attached hydrogens (tertiary/aromatic N) is 1. The smallest absolute Gasteiger partial charge is 0.308 e. The van der Waals surface area contributed by atoms with Gasteiger partial charge in [0, 0.05) is 13.0 Å². The summed E-state index contributed by atoms with van der Waals surface area (Å²) in [7, 11) is 0. The number of rotatable bonds is 2. The highest BCUT2D eigenvalue weighted by atomic mass is 16.5. The summed E-state index contributed by atoms with van der Waals surface area (Å²) in [5.41, 5.74) is -1.10. The molecule has 6 heteroatoms. The van der Waals surface area contributed by atoms with Gasteiger partial charge >= 0.3 is 5.97 Å². The molecule has 0 aliphatic carbocycles. The van der Waals surface area contributed by atoms with Gasteiger partial charge < -0.3 is 9.47 Å². The van der Waals surface area contributed by atoms with Gasteiger partial charge in [0.05, 0.1) is 28.7 Å². The van der Waals surface area contributed by atoms with Crippen LogP contribution in [0.1, 0.15) is 20.8 Å². The molecule has 24 heavy (non-hydrogen) atoms. The van der Waals surface area contributed by atoms with Crippen LogP contribution in [0.5, 0.6) is 5.75 Å². The maximum absolute atomic E-state index is 13.0. The molecule has 0 N–H and O–H groups in total. The van der Waals surface area contributed by atoms with Gasteiger partial charge in [-0.05, 0) is 26.0 Å². The monoisotopic (exact) mass is 327 g/mol. The van der Waals surface area contributed by atoms with Crippen molar-refractivity contribution >= 4 is 23.5 Å². The molecule has 0 radical (unpaired) electrons. The third kappa shape index (κ3) is 1.83. The van der Waals surface area contributed by atoms with E-state index in [1.165, 1.54) is 17.9 Å². The van der Waals surface area contributed by atoms with Gasteiger partial charge in [-0.15, -0.1) is 0 Å². The van der Waals surface area contributed by atoms with Crippen LogP contribution < -0.4 is 9.64 Å². The van der Waals surface area contributed by atoms with Crippen LogP contribution in [-0.4, -0.2) is 29.0 Å². The SMILES string of the molecule is CC(=O)Oc1cccc(N2C(=O)[C@@H]3[C@@H](C2=O)[C@@]2(C)C=C[C@@]3(C)O2)c1. The summed E-state index contributed by atoms with van der Waals surface area (Å²) in [6, 6.07) is 6.44. The van der Waals surface area contributed by atoms with Crippen LogP contribution in [0.15, 0.2) is 36.4 Å². The van der Waals surface area contributed by atoms with Crippen molar-refractivity contribution in [1.82, 2.24) is 0 Å². The minimum Gasteiger partial charge on any atom is -0.427 e. The molecule has 3 heterocycles. The lowest BCUT2D eigenvalue weighted by molar-refractivity contribution is -0.132. The molecule has 124 valence electrons. The summed E-state index contributed by atoms with van der Waals surface area (Å²) in [5, 5.41) is 0. The number of carbonyl (C=O) groups is 3. The van der Waals surface area contributed by atoms with Crippen molar-refractivity contribution in [2.45, 2.75) is 32.0 Å². The summed E-state index contributed by atoms with van der Waals surface area (Å²) in [5.74, 6) is -1.78. The zero-order chi connectivity index (χ0) is 17.3. The van der Waals surface area contributed by atoms with Crippen molar-refractivity contribution in [3.63, 3.8) is 0 Å². The Kier molecular flexibility index (Phi) is 2.85. The first kappa shape index (κ1) is 15.1. The molecule has 2 fully saturated rings. The van der Waals surface area contributed by atoms with Crippen LogP contribution in [-0.2, 0) is 19.1 Å². The number of hydrogen-bond acceptors (Lipinski definition) is 5. The van der Waals surface area contributed by atoms with E-state index in [4.69, 9.17) is 9.47 Å². The number of benzene rings is 1. The van der Waals surface area contributed by atoms with Crippen LogP contribution in [0.3, 0.4) is 0 Å². The van der Waals surface area contributed by atoms with Gasteiger partial charge in [-0.3, -0.25) is 14.4 Å². The molecule has 1 aromatic rings. The van der Waals surface area contributed by atoms with E-state index >= 15 is 0 Å². The Bertz CT molecular complexity index is 779. The van der Waals surface area contributed by atoms with E-state index in [0.717, 1.165) is 0 Å². The van der Waals surface area contributed by atoms with Crippen molar-refractivity contribution in [3.05, 3.63) is 36.4 Å². The van der Waals surface area contributed by atoms with Crippen LogP contribution >= 0.6 is 0 Å². The van der Waals surface area contributed by atoms with E-state index in [1.807, 2.05) is 26.0 Å². The highest BCUT2D eigenvalue weighted by molar-refractivity contribution is 6.23. The summed E-state index contributed by atoms with van der Waals surface area (Å²) < 4.78 is 11.0. The van der Waals surface area contributed by atoms with Gasteiger partial charge in [-0.2, -0.15) is 0 Å². The van der Waals surface area contributed by atoms with Crippen LogP contribution in [0.4, 0.5) is 5.69 Å². The van der Waals surface area contributed by atoms with E-state index < -0.39 is 29.0 Å². The topological polar surface area (TPSA) is 72.9 Å². The number of fused-ring (bicyclic) bond motifs is 5. The molecule has 2 amide bonds. The Morgan fingerprint density at radius 2 is 1.71 bits per heavy atom. The first-order chi connectivity index (χ1) is 11.3. The predicted octanol–water partition coefficient (Wildman–Crippen LogP) is 1.83. The minimum absolute atomic E-state index is 0.277. The van der Waals surface area contributed by atoms with Crippen LogP contribution in [0.2, 0.25) is 0 Å². The molecule has 4 rings (SSSR count). The van der Waals surface area contributed by atoms with E-state index in [2.05, 4.69) is 0 Å². The summed E-state index contributed by atoms with van der Waals surface area (Å²) in [6.07, 6.45) is 3.75. The second kappa shape index (κ2) is 4.54. The number of esters is 1. The molecular formula is C18H17NO5. The fourth-order valence-corrected chi connectivity index (χ4v) is 4.14. The predicted molar refractivity (Wildman–Crippen MR) is 84.3 cm³/mol. The quantitative estimate of drug-likeness (QED) is 0.359. The Hall–Kier alpha value is -2.47. The Labute approximate surface area is 139 Å². The van der Waals surface area contributed by atoms with Gasteiger partial charge in [-0.1, -0.05) is 18.2 Å². The number of carbonyl (C=O) groups excluding carboxylic acids is 3. The Balaban J connectivity index is 1.73. The highest BCUT2D eigenvalue weighted by Crippen LogP contribution is 2.57. The van der Waals surface area contributed by atoms with Gasteiger partial charge in [0.25, 0.3) is 0 Å². The second-order valence-electron chi connectivity index (χ2n) is 6.86. The lowest BCUT2D eigenvalue weighted by Crippen LogP contribution is -2.39. The maximum Gasteiger partial charge on any atom is 0.308 e. The van der Waals surface area contributed by atoms with Crippen LogP contribution in [0.25, 0.3) is 0 Å². The third-order valence-corrected chi connectivity index (χ3v) is 5.06. The van der Waals surface area contributed by atoms with Crippen molar-refractivity contribution in [3.8, 4) is 5.75 Å². The molecule has 0 aromatic heterocycles. The minimum atomic E-state index is -0.756. The maximum atomic E-state index is 13.0. The van der Waals surface area contributed by atoms with Gasteiger partial charge in [-0.25, -0.2) is 4.90 Å². The second-order valence-corrected chi connectivity index (χ2v) is 6.86. The number of hydrogen-bond donors (Lipinski definition) is 0. The number of amides is 2. The zero-order valence-electron chi connectivity index (χ0n) is 13.6. The summed E-state index contributed by atoms with van der Waals surface area (Å²) in [4.78, 5) is 38.2. The van der Waals surface area contributed by atoms with Crippen molar-refractivity contribution < 1.29 is 23.9 Å². The lowest BCUT2D eigenvalue weighted by Gasteiger charge is -2.25. The molecule has 0 spiro atoms. The average molecular weight is 327 g/mol. The fraction of sp³-hybridized carbons (Fsp3) is 0.389. The van der Waals surface area contributed by atoms with E-state index in [9.17, 15) is 14.4 Å². The summed E-state index contributed by atoms with van der Waals surface area (Å²) in [6.45, 7) is 4.97. The van der Waals surface area contributed by atoms with Gasteiger partial charge in [0.1, 0.15) is 5.75 Å². The lowest BCUT2D eigenvalue weighted by atomic mass is 9.73. The number of anilines is 1. The fourth-order valence-electron chi connectivity index (χ4n) is 4.14. The average Bonchev–Trinajstić information content (AvgIpc) is 3.03. The van der Waals surface area contributed by atoms with Gasteiger partial charge in [0.15, 0.2) is 0 Å². The largest absolute Gasteiger partial charge is 0.427 e.